The number of hydrogen-bond donors (Lipinski definition) is 0. The van der Waals surface area contributed by atoms with Crippen LogP contribution in [0.3, 0.4) is 0 Å². The Kier molecular flexibility index (Phi) is 5.58. The Balaban J connectivity index is 1.88. The molecule has 3 rings (SSSR count). The number of rotatable bonds is 5. The van der Waals surface area contributed by atoms with Gasteiger partial charge < -0.3 is 4.74 Å². The molecule has 2 aromatic heterocycles. The molecular formula is C21H21N3O. The fraction of sp³-hybridized carbons (Fsp3) is 0.286. The Morgan fingerprint density at radius 1 is 1.00 bits per heavy atom. The lowest BCUT2D eigenvalue weighted by Gasteiger charge is -2.09. The maximum Gasteiger partial charge on any atom is 0.249 e. The highest BCUT2D eigenvalue weighted by molar-refractivity contribution is 5.71. The number of nitrogens with zero attached hydrogens (tertiary/aromatic N) is 3. The van der Waals surface area contributed by atoms with Crippen molar-refractivity contribution in [1.29, 1.82) is 0 Å². The maximum absolute atomic E-state index is 5.88. The summed E-state index contributed by atoms with van der Waals surface area (Å²) in [6.45, 7) is 5.02. The molecule has 0 aliphatic carbocycles. The summed E-state index contributed by atoms with van der Waals surface area (Å²) in [4.78, 5) is 13.3. The molecule has 0 saturated carbocycles. The zero-order chi connectivity index (χ0) is 17.5. The van der Waals surface area contributed by atoms with E-state index in [0.717, 1.165) is 18.4 Å². The van der Waals surface area contributed by atoms with Crippen LogP contribution in [0.1, 0.15) is 37.9 Å². The van der Waals surface area contributed by atoms with Crippen LogP contribution in [0.25, 0.3) is 11.2 Å². The van der Waals surface area contributed by atoms with Gasteiger partial charge in [-0.25, -0.2) is 15.0 Å². The van der Waals surface area contributed by atoms with Crippen molar-refractivity contribution in [2.75, 3.05) is 6.61 Å². The van der Waals surface area contributed by atoms with Crippen molar-refractivity contribution < 1.29 is 4.74 Å². The van der Waals surface area contributed by atoms with Crippen LogP contribution in [0.2, 0.25) is 0 Å². The summed E-state index contributed by atoms with van der Waals surface area (Å²) >= 11 is 0. The van der Waals surface area contributed by atoms with Crippen molar-refractivity contribution in [1.82, 2.24) is 15.0 Å². The summed E-state index contributed by atoms with van der Waals surface area (Å²) in [5.41, 5.74) is 2.75. The smallest absolute Gasteiger partial charge is 0.249 e. The molecular weight excluding hydrogens is 310 g/mol. The SMILES string of the molecule is CC(C)CCCOc1nc2cccnc2nc1C#Cc1ccccc1. The molecule has 0 unspecified atom stereocenters. The molecule has 4 nitrogen and oxygen atoms in total. The number of pyridine rings is 1. The van der Waals surface area contributed by atoms with E-state index < -0.39 is 0 Å². The minimum absolute atomic E-state index is 0.479. The second kappa shape index (κ2) is 8.25. The van der Waals surface area contributed by atoms with E-state index in [-0.39, 0.29) is 0 Å². The van der Waals surface area contributed by atoms with Crippen molar-refractivity contribution in [3.63, 3.8) is 0 Å². The Labute approximate surface area is 148 Å². The third kappa shape index (κ3) is 4.77. The van der Waals surface area contributed by atoms with Crippen LogP contribution in [-0.2, 0) is 0 Å². The maximum atomic E-state index is 5.88. The Bertz CT molecular complexity index is 895. The van der Waals surface area contributed by atoms with Gasteiger partial charge in [0.2, 0.25) is 5.88 Å². The molecule has 0 radical (unpaired) electrons. The normalized spacial score (nSPS) is 10.5. The number of fused-ring (bicyclic) bond motifs is 1. The van der Waals surface area contributed by atoms with Crippen LogP contribution < -0.4 is 4.74 Å². The summed E-state index contributed by atoms with van der Waals surface area (Å²) in [6, 6.07) is 13.5. The van der Waals surface area contributed by atoms with Crippen molar-refractivity contribution in [3.05, 3.63) is 59.9 Å². The summed E-state index contributed by atoms with van der Waals surface area (Å²) in [6.07, 6.45) is 3.80. The molecule has 1 aromatic carbocycles. The number of benzene rings is 1. The molecule has 0 aliphatic rings. The van der Waals surface area contributed by atoms with E-state index in [1.165, 1.54) is 0 Å². The monoisotopic (exact) mass is 331 g/mol. The second-order valence-electron chi connectivity index (χ2n) is 6.22. The lowest BCUT2D eigenvalue weighted by atomic mass is 10.1. The van der Waals surface area contributed by atoms with Crippen LogP contribution in [0.5, 0.6) is 5.88 Å². The molecule has 0 saturated heterocycles. The van der Waals surface area contributed by atoms with Crippen molar-refractivity contribution >= 4 is 11.2 Å². The lowest BCUT2D eigenvalue weighted by molar-refractivity contribution is 0.286. The highest BCUT2D eigenvalue weighted by atomic mass is 16.5. The summed E-state index contributed by atoms with van der Waals surface area (Å²) in [5, 5.41) is 0. The quantitative estimate of drug-likeness (QED) is 0.518. The fourth-order valence-electron chi connectivity index (χ4n) is 2.37. The second-order valence-corrected chi connectivity index (χ2v) is 6.22. The van der Waals surface area contributed by atoms with Crippen molar-refractivity contribution in [2.45, 2.75) is 26.7 Å². The zero-order valence-electron chi connectivity index (χ0n) is 14.6. The van der Waals surface area contributed by atoms with Gasteiger partial charge in [-0.2, -0.15) is 0 Å². The van der Waals surface area contributed by atoms with Crippen molar-refractivity contribution in [2.24, 2.45) is 5.92 Å². The number of aromatic nitrogens is 3. The number of hydrogen-bond acceptors (Lipinski definition) is 4. The van der Waals surface area contributed by atoms with Gasteiger partial charge in [-0.3, -0.25) is 0 Å². The molecule has 3 aromatic rings. The van der Waals surface area contributed by atoms with Crippen LogP contribution in [0, 0.1) is 17.8 Å². The van der Waals surface area contributed by atoms with Crippen LogP contribution >= 0.6 is 0 Å². The predicted octanol–water partition coefficient (Wildman–Crippen LogP) is 4.24. The third-order valence-electron chi connectivity index (χ3n) is 3.67. The van der Waals surface area contributed by atoms with Gasteiger partial charge in [-0.05, 0) is 48.9 Å². The molecule has 0 spiro atoms. The highest BCUT2D eigenvalue weighted by Gasteiger charge is 2.09. The molecule has 0 fully saturated rings. The van der Waals surface area contributed by atoms with Gasteiger partial charge in [-0.1, -0.05) is 38.0 Å². The highest BCUT2D eigenvalue weighted by Crippen LogP contribution is 2.18. The summed E-state index contributed by atoms with van der Waals surface area (Å²) < 4.78 is 5.88. The molecule has 4 heteroatoms. The molecule has 0 bridgehead atoms. The van der Waals surface area contributed by atoms with Crippen molar-refractivity contribution in [3.8, 4) is 17.7 Å². The van der Waals surface area contributed by atoms with Gasteiger partial charge in [0.15, 0.2) is 11.3 Å². The molecule has 2 heterocycles. The Morgan fingerprint density at radius 2 is 1.84 bits per heavy atom. The van der Waals surface area contributed by atoms with E-state index in [9.17, 15) is 0 Å². The zero-order valence-corrected chi connectivity index (χ0v) is 14.6. The molecule has 0 atom stereocenters. The molecule has 0 aliphatic heterocycles. The topological polar surface area (TPSA) is 47.9 Å². The fourth-order valence-corrected chi connectivity index (χ4v) is 2.37. The van der Waals surface area contributed by atoms with E-state index in [0.29, 0.717) is 35.3 Å². The number of ether oxygens (including phenoxy) is 1. The largest absolute Gasteiger partial charge is 0.476 e. The predicted molar refractivity (Wildman–Crippen MR) is 99.3 cm³/mol. The first-order valence-corrected chi connectivity index (χ1v) is 8.55. The Hall–Kier alpha value is -2.93. The van der Waals surface area contributed by atoms with Gasteiger partial charge in [0, 0.05) is 11.8 Å². The first-order valence-electron chi connectivity index (χ1n) is 8.55. The summed E-state index contributed by atoms with van der Waals surface area (Å²) in [5.74, 6) is 7.34. The van der Waals surface area contributed by atoms with Crippen LogP contribution in [0.15, 0.2) is 48.7 Å². The lowest BCUT2D eigenvalue weighted by Crippen LogP contribution is -2.05. The van der Waals surface area contributed by atoms with E-state index in [1.807, 2.05) is 42.5 Å². The standard InChI is InChI=1S/C21H21N3O/c1-16(2)8-7-15-25-21-19(13-12-17-9-4-3-5-10-17)23-20-18(24-21)11-6-14-22-20/h3-6,9-11,14,16H,7-8,15H2,1-2H3. The van der Waals surface area contributed by atoms with Gasteiger partial charge in [0.25, 0.3) is 0 Å². The van der Waals surface area contributed by atoms with E-state index in [1.54, 1.807) is 6.20 Å². The first-order chi connectivity index (χ1) is 12.2. The molecule has 25 heavy (non-hydrogen) atoms. The van der Waals surface area contributed by atoms with E-state index >= 15 is 0 Å². The van der Waals surface area contributed by atoms with Crippen LogP contribution in [0.4, 0.5) is 0 Å². The average molecular weight is 331 g/mol. The van der Waals surface area contributed by atoms with Gasteiger partial charge >= 0.3 is 0 Å². The molecule has 0 N–H and O–H groups in total. The van der Waals surface area contributed by atoms with Gasteiger partial charge in [0.05, 0.1) is 6.61 Å². The minimum Gasteiger partial charge on any atom is -0.476 e. The van der Waals surface area contributed by atoms with E-state index in [2.05, 4.69) is 40.6 Å². The minimum atomic E-state index is 0.479. The Morgan fingerprint density at radius 3 is 2.64 bits per heavy atom. The first kappa shape index (κ1) is 16.9. The average Bonchev–Trinajstić information content (AvgIpc) is 2.64. The molecule has 0 amide bonds. The van der Waals surface area contributed by atoms with Gasteiger partial charge in [0.1, 0.15) is 5.52 Å². The molecule has 126 valence electrons. The van der Waals surface area contributed by atoms with Gasteiger partial charge in [-0.15, -0.1) is 0 Å². The van der Waals surface area contributed by atoms with E-state index in [4.69, 9.17) is 4.74 Å². The van der Waals surface area contributed by atoms with Crippen LogP contribution in [-0.4, -0.2) is 21.6 Å². The summed E-state index contributed by atoms with van der Waals surface area (Å²) in [7, 11) is 0. The third-order valence-corrected chi connectivity index (χ3v) is 3.67.